The lowest BCUT2D eigenvalue weighted by atomic mass is 9.80. The van der Waals surface area contributed by atoms with Crippen molar-refractivity contribution in [1.29, 1.82) is 0 Å². The van der Waals surface area contributed by atoms with Crippen LogP contribution >= 0.6 is 11.8 Å². The highest BCUT2D eigenvalue weighted by Gasteiger charge is 2.33. The fourth-order valence-corrected chi connectivity index (χ4v) is 9.31. The number of nitrogens with one attached hydrogen (secondary N) is 4. The van der Waals surface area contributed by atoms with Gasteiger partial charge in [0.15, 0.2) is 0 Å². The van der Waals surface area contributed by atoms with E-state index in [0.29, 0.717) is 41.7 Å². The third-order valence-corrected chi connectivity index (χ3v) is 12.0. The largest absolute Gasteiger partial charge is 0.317 e. The molecule has 4 fully saturated rings. The van der Waals surface area contributed by atoms with E-state index in [1.165, 1.54) is 75.7 Å². The molecule has 2 aromatic carbocycles. The maximum absolute atomic E-state index is 13.1. The van der Waals surface area contributed by atoms with Crippen LogP contribution in [-0.2, 0) is 17.6 Å². The summed E-state index contributed by atoms with van der Waals surface area (Å²) in [5.41, 5.74) is 2.50. The third kappa shape index (κ3) is 14.3. The van der Waals surface area contributed by atoms with Gasteiger partial charge in [0.05, 0.1) is 0 Å². The number of hydrogen-bond donors (Lipinski definition) is 4. The summed E-state index contributed by atoms with van der Waals surface area (Å²) in [6, 6.07) is 15.8. The lowest BCUT2D eigenvalue weighted by molar-refractivity contribution is -0.122. The van der Waals surface area contributed by atoms with Gasteiger partial charge in [-0.05, 0) is 176 Å². The summed E-state index contributed by atoms with van der Waals surface area (Å²) in [5.74, 6) is 2.65. The molecule has 0 spiro atoms. The molecule has 7 atom stereocenters. The van der Waals surface area contributed by atoms with E-state index in [2.05, 4.69) is 44.7 Å². The summed E-state index contributed by atoms with van der Waals surface area (Å²) in [6.45, 7) is 6.89. The Morgan fingerprint density at radius 1 is 0.673 bits per heavy atom. The molecule has 2 heterocycles. The van der Waals surface area contributed by atoms with Gasteiger partial charge in [0, 0.05) is 57.1 Å². The Morgan fingerprint density at radius 2 is 1.15 bits per heavy atom. The number of carbonyl (C=O) groups excluding carboxylic acids is 1. The summed E-state index contributed by atoms with van der Waals surface area (Å²) in [6.07, 6.45) is 13.4. The van der Waals surface area contributed by atoms with Gasteiger partial charge in [0.2, 0.25) is 0 Å². The molecule has 2 aromatic rings. The first kappa shape index (κ1) is 42.8. The first-order valence-corrected chi connectivity index (χ1v) is 20.4. The number of ketones is 1. The van der Waals surface area contributed by atoms with Crippen molar-refractivity contribution in [1.82, 2.24) is 30.6 Å². The molecule has 10 heteroatoms. The smallest absolute Gasteiger partial charge is 0.133 e. The van der Waals surface area contributed by atoms with Gasteiger partial charge in [-0.25, -0.2) is 13.6 Å². The molecule has 0 aromatic heterocycles. The molecule has 0 unspecified atom stereocenters. The van der Waals surface area contributed by atoms with Crippen molar-refractivity contribution in [3.63, 3.8) is 0 Å². The second kappa shape index (κ2) is 23.1. The maximum Gasteiger partial charge on any atom is 0.133 e. The summed E-state index contributed by atoms with van der Waals surface area (Å²) >= 11 is 4.75. The van der Waals surface area contributed by atoms with Crippen molar-refractivity contribution in [2.24, 2.45) is 23.7 Å². The van der Waals surface area contributed by atoms with Gasteiger partial charge < -0.3 is 25.8 Å². The maximum atomic E-state index is 13.1. The number of likely N-dealkylation sites (tertiary alicyclic amines) is 2. The molecule has 2 aliphatic heterocycles. The van der Waals surface area contributed by atoms with Crippen LogP contribution in [0, 0.1) is 35.3 Å². The van der Waals surface area contributed by atoms with E-state index >= 15 is 0 Å². The highest BCUT2D eigenvalue weighted by Crippen LogP contribution is 2.29. The minimum Gasteiger partial charge on any atom is -0.317 e. The van der Waals surface area contributed by atoms with Crippen molar-refractivity contribution >= 4 is 17.6 Å². The Hall–Kier alpha value is -1.98. The number of hydrogen-bond acceptors (Lipinski definition) is 7. The molecular weight excluding hydrogens is 678 g/mol. The number of Topliss-reactive ketones (excluding diaryl/α,β-unsaturated/α-hetero) is 1. The van der Waals surface area contributed by atoms with Gasteiger partial charge in [-0.2, -0.15) is 0 Å². The second-order valence-electron chi connectivity index (χ2n) is 15.8. The first-order valence-electron chi connectivity index (χ1n) is 20.0. The topological polar surface area (TPSA) is 71.7 Å². The zero-order chi connectivity index (χ0) is 37.3. The summed E-state index contributed by atoms with van der Waals surface area (Å²) in [5, 5.41) is 10.4. The van der Waals surface area contributed by atoms with Crippen LogP contribution in [0.25, 0.3) is 0 Å². The number of benzene rings is 2. The quantitative estimate of drug-likeness (QED) is 0.197. The number of nitrogens with zero attached hydrogens (tertiary/aromatic N) is 2. The van der Waals surface area contributed by atoms with Gasteiger partial charge in [0.25, 0.3) is 0 Å². The minimum atomic E-state index is -0.163. The van der Waals surface area contributed by atoms with Gasteiger partial charge in [-0.15, -0.1) is 0 Å². The number of carbonyl (C=O) groups is 1. The van der Waals surface area contributed by atoms with E-state index in [0.717, 1.165) is 57.7 Å². The Bertz CT molecular complexity index is 1290. The van der Waals surface area contributed by atoms with Crippen molar-refractivity contribution in [3.8, 4) is 0 Å². The highest BCUT2D eigenvalue weighted by atomic mass is 35.5. The predicted octanol–water partition coefficient (Wildman–Crippen LogP) is 6.45. The van der Waals surface area contributed by atoms with Gasteiger partial charge in [-0.1, -0.05) is 24.3 Å². The van der Waals surface area contributed by atoms with Crippen LogP contribution in [0.15, 0.2) is 48.5 Å². The monoisotopic (exact) mass is 745 g/mol. The number of rotatable bonds is 11. The van der Waals surface area contributed by atoms with Crippen LogP contribution < -0.4 is 20.8 Å². The summed E-state index contributed by atoms with van der Waals surface area (Å²) in [4.78, 5) is 19.3. The van der Waals surface area contributed by atoms with E-state index in [-0.39, 0.29) is 11.6 Å². The van der Waals surface area contributed by atoms with Crippen molar-refractivity contribution in [2.45, 2.75) is 95.2 Å². The van der Waals surface area contributed by atoms with E-state index in [1.807, 2.05) is 31.3 Å². The molecule has 0 radical (unpaired) electrons. The molecule has 0 amide bonds. The van der Waals surface area contributed by atoms with Crippen molar-refractivity contribution < 1.29 is 13.6 Å². The SMILES string of the molecule is CNCl.CN[C@@H]1CCC(=O)C[C@H]1CN1CCC[C@@H](Cc2ccc(F)cc2)C1.CN[C@@H]1CC[C@@H](NC)[C@H](CN2CCC[C@@H](Cc3ccc(F)cc3)C2)C1. The summed E-state index contributed by atoms with van der Waals surface area (Å²) in [7, 11) is 7.87. The van der Waals surface area contributed by atoms with Crippen LogP contribution in [0.4, 0.5) is 8.78 Å². The Balaban J connectivity index is 0.000000217. The Morgan fingerprint density at radius 3 is 1.63 bits per heavy atom. The molecule has 52 heavy (non-hydrogen) atoms. The fraction of sp³-hybridized carbons (Fsp3) is 0.690. The zero-order valence-corrected chi connectivity index (χ0v) is 33.1. The van der Waals surface area contributed by atoms with Crippen LogP contribution in [0.3, 0.4) is 0 Å². The Kier molecular flexibility index (Phi) is 19.0. The molecule has 7 nitrogen and oxygen atoms in total. The minimum absolute atomic E-state index is 0.136. The average Bonchev–Trinajstić information content (AvgIpc) is 3.14. The van der Waals surface area contributed by atoms with Gasteiger partial charge in [0.1, 0.15) is 17.4 Å². The zero-order valence-electron chi connectivity index (χ0n) is 32.3. The third-order valence-electron chi connectivity index (χ3n) is 12.0. The standard InChI is InChI=1S/C21H34FN3.C20H29FN2O.CH4ClN/c1-23-20-9-10-21(24-2)18(13-20)15-25-11-3-4-17(14-25)12-16-5-7-19(22)8-6-16;1-22-20-9-8-19(24)12-17(20)14-23-10-2-3-16(13-23)11-15-4-6-18(21)7-5-15;1-3-2/h5-8,17-18,20-21,23-24H,3-4,9-15H2,1-2H3;4-7,16-17,20,22H,2-3,8-14H2,1H3;3H,1H3/t17-,18-,20+,21+;16-,17-,20+;/m00./s1. The first-order chi connectivity index (χ1) is 25.2. The van der Waals surface area contributed by atoms with E-state index in [9.17, 15) is 13.6 Å². The van der Waals surface area contributed by atoms with E-state index in [1.54, 1.807) is 31.3 Å². The fourth-order valence-electron chi connectivity index (χ4n) is 9.31. The van der Waals surface area contributed by atoms with E-state index in [4.69, 9.17) is 11.8 Å². The normalized spacial score (nSPS) is 28.7. The van der Waals surface area contributed by atoms with Crippen LogP contribution in [0.5, 0.6) is 0 Å². The predicted molar refractivity (Wildman–Crippen MR) is 212 cm³/mol. The molecule has 0 bridgehead atoms. The van der Waals surface area contributed by atoms with Crippen molar-refractivity contribution in [3.05, 3.63) is 71.3 Å². The second-order valence-corrected chi connectivity index (χ2v) is 16.2. The van der Waals surface area contributed by atoms with Gasteiger partial charge >= 0.3 is 0 Å². The number of halogens is 3. The van der Waals surface area contributed by atoms with Crippen LogP contribution in [0.1, 0.15) is 75.3 Å². The van der Waals surface area contributed by atoms with E-state index < -0.39 is 0 Å². The molecule has 6 rings (SSSR count). The highest BCUT2D eigenvalue weighted by molar-refractivity contribution is 6.13. The lowest BCUT2D eigenvalue weighted by Crippen LogP contribution is -2.49. The molecule has 292 valence electrons. The van der Waals surface area contributed by atoms with Crippen molar-refractivity contribution in [2.75, 3.05) is 67.5 Å². The van der Waals surface area contributed by atoms with Gasteiger partial charge in [-0.3, -0.25) is 4.79 Å². The molecule has 2 saturated carbocycles. The summed E-state index contributed by atoms with van der Waals surface area (Å²) < 4.78 is 26.1. The number of piperidine rings is 2. The molecular formula is C42H67ClF2N6O. The molecule has 4 N–H and O–H groups in total. The molecule has 2 saturated heterocycles. The lowest BCUT2D eigenvalue weighted by Gasteiger charge is -2.41. The molecule has 4 aliphatic rings. The molecule has 2 aliphatic carbocycles. The Labute approximate surface area is 318 Å². The average molecular weight is 745 g/mol. The van der Waals surface area contributed by atoms with Crippen LogP contribution in [-0.4, -0.2) is 101 Å². The van der Waals surface area contributed by atoms with Crippen LogP contribution in [0.2, 0.25) is 0 Å².